The lowest BCUT2D eigenvalue weighted by Gasteiger charge is -2.27. The third-order valence-electron chi connectivity index (χ3n) is 5.08. The van der Waals surface area contributed by atoms with E-state index in [1.165, 1.54) is 42.5 Å². The number of nitrogens with zero attached hydrogens (tertiary/aromatic N) is 1. The van der Waals surface area contributed by atoms with Gasteiger partial charge in [-0.05, 0) is 42.2 Å². The summed E-state index contributed by atoms with van der Waals surface area (Å²) in [7, 11) is 0. The molecule has 0 radical (unpaired) electrons. The second kappa shape index (κ2) is 6.08. The molecule has 1 saturated carbocycles. The monoisotopic (exact) mass is 287 g/mol. The van der Waals surface area contributed by atoms with Crippen LogP contribution in [0.15, 0.2) is 18.2 Å². The zero-order valence-corrected chi connectivity index (χ0v) is 12.8. The Labute approximate surface area is 127 Å². The Bertz CT molecular complexity index is 520. The van der Waals surface area contributed by atoms with Gasteiger partial charge >= 0.3 is 5.97 Å². The first-order valence-electron chi connectivity index (χ1n) is 8.23. The molecule has 1 fully saturated rings. The number of aliphatic carboxylic acids is 1. The molecule has 1 aromatic carbocycles. The largest absolute Gasteiger partial charge is 0.481 e. The van der Waals surface area contributed by atoms with Crippen LogP contribution in [0.2, 0.25) is 0 Å². The predicted octanol–water partition coefficient (Wildman–Crippen LogP) is 3.82. The van der Waals surface area contributed by atoms with Crippen LogP contribution in [0.5, 0.6) is 0 Å². The zero-order valence-electron chi connectivity index (χ0n) is 12.8. The van der Waals surface area contributed by atoms with Crippen molar-refractivity contribution in [3.05, 3.63) is 29.3 Å². The van der Waals surface area contributed by atoms with Gasteiger partial charge in [0.1, 0.15) is 0 Å². The lowest BCUT2D eigenvalue weighted by molar-refractivity contribution is -0.137. The quantitative estimate of drug-likeness (QED) is 0.895. The van der Waals surface area contributed by atoms with Crippen LogP contribution in [0.3, 0.4) is 0 Å². The van der Waals surface area contributed by atoms with E-state index in [0.29, 0.717) is 0 Å². The van der Waals surface area contributed by atoms with Gasteiger partial charge in [0.25, 0.3) is 0 Å². The molecule has 1 unspecified atom stereocenters. The number of benzene rings is 1. The van der Waals surface area contributed by atoms with Crippen LogP contribution >= 0.6 is 0 Å². The molecule has 3 rings (SSSR count). The molecule has 0 bridgehead atoms. The van der Waals surface area contributed by atoms with Gasteiger partial charge in [-0.1, -0.05) is 38.0 Å². The summed E-state index contributed by atoms with van der Waals surface area (Å²) in [4.78, 5) is 13.6. The molecule has 1 N–H and O–H groups in total. The molecule has 0 saturated heterocycles. The highest BCUT2D eigenvalue weighted by molar-refractivity contribution is 5.70. The number of fused-ring (bicyclic) bond motifs is 1. The summed E-state index contributed by atoms with van der Waals surface area (Å²) >= 11 is 0. The van der Waals surface area contributed by atoms with Gasteiger partial charge in [-0.3, -0.25) is 4.79 Å². The molecule has 1 aromatic rings. The number of hydrogen-bond donors (Lipinski definition) is 1. The molecule has 1 aliphatic heterocycles. The maximum Gasteiger partial charge on any atom is 0.303 e. The number of anilines is 1. The maximum atomic E-state index is 11.0. The lowest BCUT2D eigenvalue weighted by Crippen LogP contribution is -2.27. The fourth-order valence-corrected chi connectivity index (χ4v) is 4.02. The van der Waals surface area contributed by atoms with Gasteiger partial charge < -0.3 is 10.0 Å². The third kappa shape index (κ3) is 3.07. The first kappa shape index (κ1) is 14.4. The Morgan fingerprint density at radius 2 is 2.14 bits per heavy atom. The first-order chi connectivity index (χ1) is 10.1. The second-order valence-electron chi connectivity index (χ2n) is 6.70. The van der Waals surface area contributed by atoms with Crippen LogP contribution in [0, 0.1) is 5.92 Å². The summed E-state index contributed by atoms with van der Waals surface area (Å²) in [5.41, 5.74) is 3.98. The molecule has 0 spiro atoms. The van der Waals surface area contributed by atoms with Gasteiger partial charge in [0.05, 0.1) is 6.42 Å². The van der Waals surface area contributed by atoms with E-state index < -0.39 is 5.97 Å². The molecule has 1 heterocycles. The van der Waals surface area contributed by atoms with Crippen LogP contribution in [0.25, 0.3) is 0 Å². The summed E-state index contributed by atoms with van der Waals surface area (Å²) in [5.74, 6) is 0.209. The SMILES string of the molecule is CC(CC(=O)O)c1cccc2c1N(CC1CCCC1)CC2. The number of para-hydroxylation sites is 1. The maximum absolute atomic E-state index is 11.0. The first-order valence-corrected chi connectivity index (χ1v) is 8.23. The topological polar surface area (TPSA) is 40.5 Å². The zero-order chi connectivity index (χ0) is 14.8. The van der Waals surface area contributed by atoms with Crippen LogP contribution in [-0.2, 0) is 11.2 Å². The molecule has 2 aliphatic rings. The number of carbonyl (C=O) groups is 1. The van der Waals surface area contributed by atoms with Crippen molar-refractivity contribution < 1.29 is 9.90 Å². The van der Waals surface area contributed by atoms with Gasteiger partial charge in [0.2, 0.25) is 0 Å². The average Bonchev–Trinajstić information content (AvgIpc) is 3.08. The van der Waals surface area contributed by atoms with E-state index in [9.17, 15) is 4.79 Å². The van der Waals surface area contributed by atoms with Crippen molar-refractivity contribution in [3.8, 4) is 0 Å². The summed E-state index contributed by atoms with van der Waals surface area (Å²) in [5, 5.41) is 9.08. The minimum Gasteiger partial charge on any atom is -0.481 e. The minimum atomic E-state index is -0.708. The Morgan fingerprint density at radius 3 is 2.86 bits per heavy atom. The van der Waals surface area contributed by atoms with Gasteiger partial charge in [-0.2, -0.15) is 0 Å². The highest BCUT2D eigenvalue weighted by Gasteiger charge is 2.27. The van der Waals surface area contributed by atoms with Crippen molar-refractivity contribution in [2.24, 2.45) is 5.92 Å². The van der Waals surface area contributed by atoms with Crippen molar-refractivity contribution >= 4 is 11.7 Å². The third-order valence-corrected chi connectivity index (χ3v) is 5.08. The number of carboxylic acids is 1. The fourth-order valence-electron chi connectivity index (χ4n) is 4.02. The van der Waals surface area contributed by atoms with Crippen LogP contribution in [0.4, 0.5) is 5.69 Å². The van der Waals surface area contributed by atoms with Gasteiger partial charge in [-0.15, -0.1) is 0 Å². The second-order valence-corrected chi connectivity index (χ2v) is 6.70. The normalized spacial score (nSPS) is 19.8. The Hall–Kier alpha value is -1.51. The molecule has 21 heavy (non-hydrogen) atoms. The standard InChI is InChI=1S/C18H25NO2/c1-13(11-17(20)21)16-8-4-7-15-9-10-19(18(15)16)12-14-5-2-3-6-14/h4,7-8,13-14H,2-3,5-6,9-12H2,1H3,(H,20,21). The molecule has 0 amide bonds. The van der Waals surface area contributed by atoms with Crippen LogP contribution in [-0.4, -0.2) is 24.2 Å². The Balaban J connectivity index is 1.83. The number of carboxylic acid groups (broad SMARTS) is 1. The molecule has 1 aliphatic carbocycles. The fraction of sp³-hybridized carbons (Fsp3) is 0.611. The molecule has 114 valence electrons. The van der Waals surface area contributed by atoms with Gasteiger partial charge in [0.15, 0.2) is 0 Å². The lowest BCUT2D eigenvalue weighted by atomic mass is 9.93. The van der Waals surface area contributed by atoms with Crippen molar-refractivity contribution in [2.45, 2.75) is 51.4 Å². The highest BCUT2D eigenvalue weighted by Crippen LogP contribution is 2.38. The summed E-state index contributed by atoms with van der Waals surface area (Å²) in [6, 6.07) is 6.42. The van der Waals surface area contributed by atoms with Crippen molar-refractivity contribution in [3.63, 3.8) is 0 Å². The minimum absolute atomic E-state index is 0.0848. The van der Waals surface area contributed by atoms with E-state index >= 15 is 0 Å². The van der Waals surface area contributed by atoms with Crippen LogP contribution in [0.1, 0.15) is 56.1 Å². The van der Waals surface area contributed by atoms with Gasteiger partial charge in [0, 0.05) is 18.8 Å². The number of hydrogen-bond acceptors (Lipinski definition) is 2. The molecule has 3 nitrogen and oxygen atoms in total. The van der Waals surface area contributed by atoms with E-state index in [4.69, 9.17) is 5.11 Å². The molecule has 1 atom stereocenters. The van der Waals surface area contributed by atoms with Crippen molar-refractivity contribution in [1.29, 1.82) is 0 Å². The van der Waals surface area contributed by atoms with E-state index in [1.807, 2.05) is 6.92 Å². The molecular formula is C18H25NO2. The molecule has 0 aromatic heterocycles. The summed E-state index contributed by atoms with van der Waals surface area (Å²) in [6.45, 7) is 4.29. The van der Waals surface area contributed by atoms with Crippen LogP contribution < -0.4 is 4.90 Å². The summed E-state index contributed by atoms with van der Waals surface area (Å²) < 4.78 is 0. The Kier molecular flexibility index (Phi) is 4.18. The van der Waals surface area contributed by atoms with Gasteiger partial charge in [-0.25, -0.2) is 0 Å². The predicted molar refractivity (Wildman–Crippen MR) is 85.0 cm³/mol. The van der Waals surface area contributed by atoms with E-state index in [2.05, 4.69) is 23.1 Å². The average molecular weight is 287 g/mol. The molecular weight excluding hydrogens is 262 g/mol. The van der Waals surface area contributed by atoms with E-state index in [0.717, 1.165) is 25.4 Å². The molecule has 3 heteroatoms. The van der Waals surface area contributed by atoms with E-state index in [-0.39, 0.29) is 12.3 Å². The summed E-state index contributed by atoms with van der Waals surface area (Å²) in [6.07, 6.45) is 6.80. The van der Waals surface area contributed by atoms with Crippen molar-refractivity contribution in [1.82, 2.24) is 0 Å². The number of rotatable bonds is 5. The van der Waals surface area contributed by atoms with Crippen molar-refractivity contribution in [2.75, 3.05) is 18.0 Å². The Morgan fingerprint density at radius 1 is 1.38 bits per heavy atom. The smallest absolute Gasteiger partial charge is 0.303 e. The highest BCUT2D eigenvalue weighted by atomic mass is 16.4. The van der Waals surface area contributed by atoms with E-state index in [1.54, 1.807) is 0 Å².